The lowest BCUT2D eigenvalue weighted by molar-refractivity contribution is -0.131. The largest absolute Gasteiger partial charge is 0.497 e. The first-order chi connectivity index (χ1) is 11.6. The maximum atomic E-state index is 12.5. The van der Waals surface area contributed by atoms with Gasteiger partial charge < -0.3 is 14.5 Å². The van der Waals surface area contributed by atoms with Crippen LogP contribution in [0.5, 0.6) is 5.75 Å². The standard InChI is InChI=1S/C19H24N2O3/c1-24-16-6-4-15(5-7-16)21-13-19(11-18(21)23)8-9-20(12-19)17(22)10-14-2-3-14/h4-7,14H,2-3,8-13H2,1H3. The third-order valence-electron chi connectivity index (χ3n) is 5.66. The molecule has 1 aromatic rings. The number of ether oxygens (including phenoxy) is 1. The molecule has 2 aliphatic heterocycles. The third kappa shape index (κ3) is 2.87. The fourth-order valence-corrected chi connectivity index (χ4v) is 4.01. The Labute approximate surface area is 142 Å². The lowest BCUT2D eigenvalue weighted by Gasteiger charge is -2.24. The molecule has 0 aromatic heterocycles. The van der Waals surface area contributed by atoms with Crippen LogP contribution < -0.4 is 9.64 Å². The van der Waals surface area contributed by atoms with E-state index in [2.05, 4.69) is 0 Å². The molecule has 4 rings (SSSR count). The number of methoxy groups -OCH3 is 1. The second-order valence-corrected chi connectivity index (χ2v) is 7.57. The van der Waals surface area contributed by atoms with Crippen LogP contribution in [0, 0.1) is 11.3 Å². The molecule has 0 radical (unpaired) electrons. The van der Waals surface area contributed by atoms with Crippen LogP contribution in [0.15, 0.2) is 24.3 Å². The fraction of sp³-hybridized carbons (Fsp3) is 0.579. The summed E-state index contributed by atoms with van der Waals surface area (Å²) in [5, 5.41) is 0. The maximum absolute atomic E-state index is 12.5. The van der Waals surface area contributed by atoms with Gasteiger partial charge in [-0.05, 0) is 49.4 Å². The Morgan fingerprint density at radius 1 is 1.25 bits per heavy atom. The maximum Gasteiger partial charge on any atom is 0.227 e. The van der Waals surface area contributed by atoms with E-state index in [1.54, 1.807) is 7.11 Å². The van der Waals surface area contributed by atoms with Crippen molar-refractivity contribution in [3.63, 3.8) is 0 Å². The van der Waals surface area contributed by atoms with Crippen molar-refractivity contribution in [3.05, 3.63) is 24.3 Å². The molecule has 24 heavy (non-hydrogen) atoms. The van der Waals surface area contributed by atoms with Gasteiger partial charge in [0.25, 0.3) is 0 Å². The quantitative estimate of drug-likeness (QED) is 0.853. The van der Waals surface area contributed by atoms with E-state index in [1.165, 1.54) is 12.8 Å². The highest BCUT2D eigenvalue weighted by atomic mass is 16.5. The Balaban J connectivity index is 1.44. The number of rotatable bonds is 4. The van der Waals surface area contributed by atoms with Crippen molar-refractivity contribution >= 4 is 17.5 Å². The molecule has 2 heterocycles. The molecule has 5 nitrogen and oxygen atoms in total. The number of hydrogen-bond acceptors (Lipinski definition) is 3. The number of likely N-dealkylation sites (tertiary alicyclic amines) is 1. The summed E-state index contributed by atoms with van der Waals surface area (Å²) in [6, 6.07) is 7.63. The number of nitrogens with zero attached hydrogens (tertiary/aromatic N) is 2. The van der Waals surface area contributed by atoms with Gasteiger partial charge in [0.1, 0.15) is 5.75 Å². The SMILES string of the molecule is COc1ccc(N2CC3(CCN(C(=O)CC4CC4)C3)CC2=O)cc1. The lowest BCUT2D eigenvalue weighted by Crippen LogP contribution is -2.34. The van der Waals surface area contributed by atoms with Gasteiger partial charge in [0, 0.05) is 43.6 Å². The predicted molar refractivity (Wildman–Crippen MR) is 90.9 cm³/mol. The van der Waals surface area contributed by atoms with Gasteiger partial charge in [-0.25, -0.2) is 0 Å². The summed E-state index contributed by atoms with van der Waals surface area (Å²) in [4.78, 5) is 28.8. The summed E-state index contributed by atoms with van der Waals surface area (Å²) in [5.74, 6) is 1.86. The Hall–Kier alpha value is -2.04. The summed E-state index contributed by atoms with van der Waals surface area (Å²) >= 11 is 0. The first-order valence-corrected chi connectivity index (χ1v) is 8.81. The Bertz CT molecular complexity index is 653. The van der Waals surface area contributed by atoms with Gasteiger partial charge in [-0.15, -0.1) is 0 Å². The zero-order chi connectivity index (χ0) is 16.7. The van der Waals surface area contributed by atoms with Gasteiger partial charge in [0.15, 0.2) is 0 Å². The van der Waals surface area contributed by atoms with Crippen LogP contribution in [0.4, 0.5) is 5.69 Å². The molecule has 1 spiro atoms. The number of benzene rings is 1. The van der Waals surface area contributed by atoms with Gasteiger partial charge >= 0.3 is 0 Å². The van der Waals surface area contributed by atoms with Crippen molar-refractivity contribution in [3.8, 4) is 5.75 Å². The van der Waals surface area contributed by atoms with Gasteiger partial charge in [0.2, 0.25) is 11.8 Å². The monoisotopic (exact) mass is 328 g/mol. The molecule has 2 saturated heterocycles. The first-order valence-electron chi connectivity index (χ1n) is 8.81. The molecule has 0 N–H and O–H groups in total. The van der Waals surface area contributed by atoms with E-state index in [4.69, 9.17) is 4.74 Å². The highest BCUT2D eigenvalue weighted by molar-refractivity contribution is 5.96. The van der Waals surface area contributed by atoms with E-state index in [1.807, 2.05) is 34.1 Å². The number of carbonyl (C=O) groups excluding carboxylic acids is 2. The van der Waals surface area contributed by atoms with Gasteiger partial charge in [-0.2, -0.15) is 0 Å². The third-order valence-corrected chi connectivity index (χ3v) is 5.66. The average Bonchev–Trinajstić information content (AvgIpc) is 3.21. The molecule has 128 valence electrons. The second kappa shape index (κ2) is 5.80. The van der Waals surface area contributed by atoms with Crippen molar-refractivity contribution in [1.82, 2.24) is 4.90 Å². The second-order valence-electron chi connectivity index (χ2n) is 7.57. The molecule has 2 amide bonds. The molecule has 1 aliphatic carbocycles. The van der Waals surface area contributed by atoms with Crippen molar-refractivity contribution < 1.29 is 14.3 Å². The Kier molecular flexibility index (Phi) is 3.74. The van der Waals surface area contributed by atoms with Crippen LogP contribution in [0.1, 0.15) is 32.1 Å². The smallest absolute Gasteiger partial charge is 0.227 e. The minimum Gasteiger partial charge on any atom is -0.497 e. The molecule has 3 fully saturated rings. The van der Waals surface area contributed by atoms with E-state index < -0.39 is 0 Å². The molecular formula is C19H24N2O3. The van der Waals surface area contributed by atoms with Crippen LogP contribution in [-0.2, 0) is 9.59 Å². The Morgan fingerprint density at radius 2 is 2.00 bits per heavy atom. The number of amides is 2. The topological polar surface area (TPSA) is 49.9 Å². The molecule has 3 aliphatic rings. The lowest BCUT2D eigenvalue weighted by atomic mass is 9.86. The van der Waals surface area contributed by atoms with Crippen LogP contribution in [-0.4, -0.2) is 43.5 Å². The van der Waals surface area contributed by atoms with Crippen LogP contribution in [0.2, 0.25) is 0 Å². The van der Waals surface area contributed by atoms with E-state index in [-0.39, 0.29) is 17.2 Å². The summed E-state index contributed by atoms with van der Waals surface area (Å²) in [7, 11) is 1.64. The first kappa shape index (κ1) is 15.5. The predicted octanol–water partition coefficient (Wildman–Crippen LogP) is 2.45. The number of hydrogen-bond donors (Lipinski definition) is 0. The van der Waals surface area contributed by atoms with Crippen LogP contribution >= 0.6 is 0 Å². The van der Waals surface area contributed by atoms with E-state index in [0.29, 0.717) is 25.3 Å². The highest BCUT2D eigenvalue weighted by Gasteiger charge is 2.49. The van der Waals surface area contributed by atoms with Crippen LogP contribution in [0.3, 0.4) is 0 Å². The molecular weight excluding hydrogens is 304 g/mol. The van der Waals surface area contributed by atoms with Crippen molar-refractivity contribution in [2.24, 2.45) is 11.3 Å². The summed E-state index contributed by atoms with van der Waals surface area (Å²) in [6.07, 6.45) is 4.59. The molecule has 1 saturated carbocycles. The minimum atomic E-state index is -0.0593. The molecule has 1 atom stereocenters. The van der Waals surface area contributed by atoms with Gasteiger partial charge in [-0.3, -0.25) is 9.59 Å². The molecule has 0 bridgehead atoms. The Morgan fingerprint density at radius 3 is 2.67 bits per heavy atom. The molecule has 1 unspecified atom stereocenters. The number of anilines is 1. The van der Waals surface area contributed by atoms with Crippen LogP contribution in [0.25, 0.3) is 0 Å². The van der Waals surface area contributed by atoms with Crippen molar-refractivity contribution in [2.75, 3.05) is 31.6 Å². The van der Waals surface area contributed by atoms with E-state index >= 15 is 0 Å². The zero-order valence-corrected chi connectivity index (χ0v) is 14.2. The fourth-order valence-electron chi connectivity index (χ4n) is 4.01. The zero-order valence-electron chi connectivity index (χ0n) is 14.2. The summed E-state index contributed by atoms with van der Waals surface area (Å²) in [5.41, 5.74) is 0.858. The van der Waals surface area contributed by atoms with Gasteiger partial charge in [0.05, 0.1) is 7.11 Å². The summed E-state index contributed by atoms with van der Waals surface area (Å²) < 4.78 is 5.18. The minimum absolute atomic E-state index is 0.0593. The van der Waals surface area contributed by atoms with Crippen molar-refractivity contribution in [2.45, 2.75) is 32.1 Å². The normalized spacial score (nSPS) is 26.5. The average molecular weight is 328 g/mol. The van der Waals surface area contributed by atoms with E-state index in [9.17, 15) is 9.59 Å². The highest BCUT2D eigenvalue weighted by Crippen LogP contribution is 2.43. The molecule has 1 aromatic carbocycles. The van der Waals surface area contributed by atoms with E-state index in [0.717, 1.165) is 30.9 Å². The number of carbonyl (C=O) groups is 2. The summed E-state index contributed by atoms with van der Waals surface area (Å²) in [6.45, 7) is 2.25. The van der Waals surface area contributed by atoms with Gasteiger partial charge in [-0.1, -0.05) is 0 Å². The molecule has 5 heteroatoms. The van der Waals surface area contributed by atoms with Crippen molar-refractivity contribution in [1.29, 1.82) is 0 Å².